The standard InChI is InChI=1S/C16H21N3O3S2/c1-2-22-14-5-3-4-6-15(14)24(20,21)18-13-7-10-19(11-8-13)16-17-9-12-23-16/h3-6,9,12-13,18H,2,7-8,10-11H2,1H3. The number of rotatable bonds is 6. The van der Waals surface area contributed by atoms with Crippen LogP contribution in [-0.4, -0.2) is 39.1 Å². The second-order valence-electron chi connectivity index (χ2n) is 5.58. The van der Waals surface area contributed by atoms with Gasteiger partial charge in [-0.25, -0.2) is 18.1 Å². The van der Waals surface area contributed by atoms with Gasteiger partial charge in [-0.2, -0.15) is 0 Å². The van der Waals surface area contributed by atoms with Crippen molar-refractivity contribution in [1.29, 1.82) is 0 Å². The Bertz CT molecular complexity index is 755. The van der Waals surface area contributed by atoms with Crippen LogP contribution in [0.3, 0.4) is 0 Å². The van der Waals surface area contributed by atoms with Gasteiger partial charge < -0.3 is 9.64 Å². The molecular weight excluding hydrogens is 346 g/mol. The number of para-hydroxylation sites is 1. The quantitative estimate of drug-likeness (QED) is 0.849. The summed E-state index contributed by atoms with van der Waals surface area (Å²) in [7, 11) is -3.59. The molecule has 0 aliphatic carbocycles. The third kappa shape index (κ3) is 3.88. The van der Waals surface area contributed by atoms with Crippen molar-refractivity contribution in [3.05, 3.63) is 35.8 Å². The van der Waals surface area contributed by atoms with Gasteiger partial charge in [0.15, 0.2) is 5.13 Å². The molecule has 24 heavy (non-hydrogen) atoms. The fourth-order valence-corrected chi connectivity index (χ4v) is 4.94. The topological polar surface area (TPSA) is 71.5 Å². The molecule has 0 saturated carbocycles. The second-order valence-corrected chi connectivity index (χ2v) is 8.13. The van der Waals surface area contributed by atoms with Gasteiger partial charge in [0.25, 0.3) is 0 Å². The highest BCUT2D eigenvalue weighted by atomic mass is 32.2. The first-order valence-electron chi connectivity index (χ1n) is 7.99. The molecule has 0 amide bonds. The molecule has 0 unspecified atom stereocenters. The minimum atomic E-state index is -3.59. The lowest BCUT2D eigenvalue weighted by molar-refractivity contribution is 0.330. The van der Waals surface area contributed by atoms with Crippen molar-refractivity contribution in [2.75, 3.05) is 24.6 Å². The Kier molecular flexibility index (Phi) is 5.37. The molecule has 3 rings (SSSR count). The number of nitrogens with zero attached hydrogens (tertiary/aromatic N) is 2. The zero-order valence-corrected chi connectivity index (χ0v) is 15.1. The summed E-state index contributed by atoms with van der Waals surface area (Å²) in [5.41, 5.74) is 0. The first kappa shape index (κ1) is 17.2. The Morgan fingerprint density at radius 2 is 2.08 bits per heavy atom. The van der Waals surface area contributed by atoms with Crippen LogP contribution in [0.25, 0.3) is 0 Å². The summed E-state index contributed by atoms with van der Waals surface area (Å²) >= 11 is 1.61. The van der Waals surface area contributed by atoms with Gasteiger partial charge in [-0.1, -0.05) is 12.1 Å². The fourth-order valence-electron chi connectivity index (χ4n) is 2.79. The minimum absolute atomic E-state index is 0.0686. The number of thiazole rings is 1. The molecule has 2 heterocycles. The molecule has 1 aromatic carbocycles. The number of sulfonamides is 1. The molecule has 1 aromatic heterocycles. The van der Waals surface area contributed by atoms with Gasteiger partial charge in [0.1, 0.15) is 10.6 Å². The van der Waals surface area contributed by atoms with E-state index in [0.29, 0.717) is 12.4 Å². The van der Waals surface area contributed by atoms with Crippen molar-refractivity contribution in [3.8, 4) is 5.75 Å². The molecule has 130 valence electrons. The van der Waals surface area contributed by atoms with Gasteiger partial charge in [0.2, 0.25) is 10.0 Å². The number of hydrogen-bond donors (Lipinski definition) is 1. The predicted octanol–water partition coefficient (Wildman–Crippen LogP) is 2.49. The Hall–Kier alpha value is -1.64. The predicted molar refractivity (Wildman–Crippen MR) is 95.3 cm³/mol. The molecule has 6 nitrogen and oxygen atoms in total. The van der Waals surface area contributed by atoms with Crippen LogP contribution in [0.1, 0.15) is 19.8 Å². The van der Waals surface area contributed by atoms with Gasteiger partial charge in [-0.15, -0.1) is 11.3 Å². The summed E-state index contributed by atoms with van der Waals surface area (Å²) in [6, 6.07) is 6.68. The van der Waals surface area contributed by atoms with Crippen molar-refractivity contribution >= 4 is 26.5 Å². The number of ether oxygens (including phenoxy) is 1. The van der Waals surface area contributed by atoms with Gasteiger partial charge in [0, 0.05) is 30.7 Å². The number of benzene rings is 1. The Morgan fingerprint density at radius 3 is 2.75 bits per heavy atom. The third-order valence-corrected chi connectivity index (χ3v) is 6.34. The highest BCUT2D eigenvalue weighted by Crippen LogP contribution is 2.26. The number of piperidine rings is 1. The van der Waals surface area contributed by atoms with E-state index in [1.807, 2.05) is 12.3 Å². The number of hydrogen-bond acceptors (Lipinski definition) is 6. The first-order valence-corrected chi connectivity index (χ1v) is 10.3. The summed E-state index contributed by atoms with van der Waals surface area (Å²) in [5, 5.41) is 2.95. The van der Waals surface area contributed by atoms with Crippen LogP contribution >= 0.6 is 11.3 Å². The monoisotopic (exact) mass is 367 g/mol. The van der Waals surface area contributed by atoms with Crippen LogP contribution in [0.2, 0.25) is 0 Å². The molecule has 2 aromatic rings. The zero-order valence-electron chi connectivity index (χ0n) is 13.5. The summed E-state index contributed by atoms with van der Waals surface area (Å²) in [5.74, 6) is 0.396. The van der Waals surface area contributed by atoms with E-state index >= 15 is 0 Å². The molecule has 1 fully saturated rings. The number of nitrogens with one attached hydrogen (secondary N) is 1. The Labute approximate surface area is 146 Å². The smallest absolute Gasteiger partial charge is 0.244 e. The third-order valence-electron chi connectivity index (χ3n) is 3.95. The zero-order chi connectivity index (χ0) is 17.0. The number of anilines is 1. The van der Waals surface area contributed by atoms with Crippen LogP contribution in [0, 0.1) is 0 Å². The maximum Gasteiger partial charge on any atom is 0.244 e. The van der Waals surface area contributed by atoms with Crippen molar-refractivity contribution in [1.82, 2.24) is 9.71 Å². The highest BCUT2D eigenvalue weighted by Gasteiger charge is 2.27. The number of aromatic nitrogens is 1. The average molecular weight is 367 g/mol. The summed E-state index contributed by atoms with van der Waals surface area (Å²) in [6.45, 7) is 3.87. The molecule has 0 radical (unpaired) electrons. The van der Waals surface area contributed by atoms with Crippen molar-refractivity contribution in [3.63, 3.8) is 0 Å². The van der Waals surface area contributed by atoms with E-state index in [2.05, 4.69) is 14.6 Å². The molecule has 8 heteroatoms. The molecule has 0 spiro atoms. The Balaban J connectivity index is 1.66. The van der Waals surface area contributed by atoms with Gasteiger partial charge >= 0.3 is 0 Å². The molecule has 1 saturated heterocycles. The van der Waals surface area contributed by atoms with Crippen LogP contribution in [0.4, 0.5) is 5.13 Å². The summed E-state index contributed by atoms with van der Waals surface area (Å²) < 4.78 is 33.7. The largest absolute Gasteiger partial charge is 0.492 e. The molecule has 1 aliphatic heterocycles. The van der Waals surface area contributed by atoms with E-state index in [1.165, 1.54) is 0 Å². The second kappa shape index (κ2) is 7.50. The lowest BCUT2D eigenvalue weighted by Gasteiger charge is -2.32. The highest BCUT2D eigenvalue weighted by molar-refractivity contribution is 7.89. The Morgan fingerprint density at radius 1 is 1.33 bits per heavy atom. The van der Waals surface area contributed by atoms with Crippen LogP contribution in [-0.2, 0) is 10.0 Å². The summed E-state index contributed by atoms with van der Waals surface area (Å²) in [4.78, 5) is 6.71. The van der Waals surface area contributed by atoms with E-state index in [1.54, 1.807) is 41.8 Å². The van der Waals surface area contributed by atoms with E-state index < -0.39 is 10.0 Å². The van der Waals surface area contributed by atoms with Crippen LogP contribution in [0.5, 0.6) is 5.75 Å². The molecule has 0 atom stereocenters. The maximum absolute atomic E-state index is 12.7. The van der Waals surface area contributed by atoms with Gasteiger partial charge in [-0.05, 0) is 31.9 Å². The summed E-state index contributed by atoms with van der Waals surface area (Å²) in [6.07, 6.45) is 3.31. The lowest BCUT2D eigenvalue weighted by atomic mass is 10.1. The maximum atomic E-state index is 12.7. The van der Waals surface area contributed by atoms with Crippen molar-refractivity contribution in [2.24, 2.45) is 0 Å². The molecule has 1 aliphatic rings. The van der Waals surface area contributed by atoms with Crippen LogP contribution in [0.15, 0.2) is 40.7 Å². The SMILES string of the molecule is CCOc1ccccc1S(=O)(=O)NC1CCN(c2nccs2)CC1. The molecule has 0 bridgehead atoms. The van der Waals surface area contributed by atoms with E-state index in [9.17, 15) is 8.42 Å². The molecular formula is C16H21N3O3S2. The van der Waals surface area contributed by atoms with Crippen LogP contribution < -0.4 is 14.4 Å². The molecule has 1 N–H and O–H groups in total. The van der Waals surface area contributed by atoms with E-state index in [-0.39, 0.29) is 10.9 Å². The first-order chi connectivity index (χ1) is 11.6. The normalized spacial score (nSPS) is 16.3. The van der Waals surface area contributed by atoms with Crippen molar-refractivity contribution < 1.29 is 13.2 Å². The van der Waals surface area contributed by atoms with Crippen molar-refractivity contribution in [2.45, 2.75) is 30.7 Å². The fraction of sp³-hybridized carbons (Fsp3) is 0.438. The van der Waals surface area contributed by atoms with Gasteiger partial charge in [0.05, 0.1) is 6.61 Å². The van der Waals surface area contributed by atoms with Gasteiger partial charge in [-0.3, -0.25) is 0 Å². The lowest BCUT2D eigenvalue weighted by Crippen LogP contribution is -2.44. The van der Waals surface area contributed by atoms with E-state index in [4.69, 9.17) is 4.74 Å². The minimum Gasteiger partial charge on any atom is -0.492 e. The van der Waals surface area contributed by atoms with E-state index in [0.717, 1.165) is 31.1 Å². The average Bonchev–Trinajstić information content (AvgIpc) is 3.10.